The minimum absolute atomic E-state index is 0.0198. The maximum absolute atomic E-state index is 17.1. The third kappa shape index (κ3) is 33.2. The average Bonchev–Trinajstić information content (AvgIpc) is 0.749. The van der Waals surface area contributed by atoms with Crippen molar-refractivity contribution in [3.8, 4) is 0 Å². The Balaban J connectivity index is 2.09. The van der Waals surface area contributed by atoms with Crippen molar-refractivity contribution in [2.24, 2.45) is 17.8 Å². The SMILES string of the molecule is CC(C)(C)[Si](F)(c1ccc(C(=O)NC[C@H](NC(=O)CC[C@H](C(=O)O)N2CCN(CC(=O)O)CCN(CC(=O)O)CCN(CC(=O)O)CC2)C(=O)C[C@@H](CCCCNC(=O)CCCCCCC(=O)NCCCC[C@H](CC(=O)C[C@@H](CCC(=O)O)C(=O)O)C(=O)O)C(=O)O)cc1)C(C)(C)C. The molecule has 5 atom stereocenters. The molecule has 0 aromatic heterocycles. The van der Waals surface area contributed by atoms with Gasteiger partial charge in [0.05, 0.1) is 37.4 Å². The molecule has 1 fully saturated rings. The lowest BCUT2D eigenvalue weighted by molar-refractivity contribution is -0.146. The quantitative estimate of drug-likeness (QED) is 0.0252. The Morgan fingerprint density at radius 1 is 0.449 bits per heavy atom. The third-order valence-corrected chi connectivity index (χ3v) is 22.7. The van der Waals surface area contributed by atoms with E-state index in [4.69, 9.17) is 5.11 Å². The number of unbranched alkanes of at least 4 members (excludes halogenated alkanes) is 5. The van der Waals surface area contributed by atoms with Crippen molar-refractivity contribution in [2.45, 2.75) is 186 Å². The van der Waals surface area contributed by atoms with Gasteiger partial charge in [0.1, 0.15) is 17.9 Å². The van der Waals surface area contributed by atoms with Crippen LogP contribution < -0.4 is 26.5 Å². The zero-order valence-electron chi connectivity index (χ0n) is 57.5. The van der Waals surface area contributed by atoms with Gasteiger partial charge in [-0.2, -0.15) is 0 Å². The number of carboxylic acids is 8. The minimum atomic E-state index is -3.73. The van der Waals surface area contributed by atoms with Crippen molar-refractivity contribution in [3.63, 3.8) is 0 Å². The fourth-order valence-electron chi connectivity index (χ4n) is 12.1. The van der Waals surface area contributed by atoms with E-state index in [1.807, 2.05) is 41.5 Å². The van der Waals surface area contributed by atoms with Crippen LogP contribution in [0.15, 0.2) is 24.3 Å². The summed E-state index contributed by atoms with van der Waals surface area (Å²) in [6, 6.07) is 3.05. The van der Waals surface area contributed by atoms with Gasteiger partial charge in [0.25, 0.3) is 14.3 Å². The first-order valence-corrected chi connectivity index (χ1v) is 35.4. The number of ketones is 2. The van der Waals surface area contributed by atoms with Crippen LogP contribution in [0.2, 0.25) is 10.1 Å². The van der Waals surface area contributed by atoms with Crippen LogP contribution in [0.4, 0.5) is 4.11 Å². The molecular weight excluding hydrogens is 1300 g/mol. The third-order valence-electron chi connectivity index (χ3n) is 17.4. The number of carboxylic acid groups (broad SMARTS) is 8. The molecule has 12 N–H and O–H groups in total. The van der Waals surface area contributed by atoms with Gasteiger partial charge in [-0.1, -0.05) is 79.4 Å². The Morgan fingerprint density at radius 2 is 0.857 bits per heavy atom. The highest BCUT2D eigenvalue weighted by Gasteiger charge is 2.56. The molecule has 552 valence electrons. The molecule has 32 heteroatoms. The van der Waals surface area contributed by atoms with Crippen LogP contribution >= 0.6 is 0 Å². The van der Waals surface area contributed by atoms with Crippen molar-refractivity contribution in [3.05, 3.63) is 29.8 Å². The smallest absolute Gasteiger partial charge is 0.320 e. The highest BCUT2D eigenvalue weighted by molar-refractivity contribution is 6.90. The molecule has 1 aromatic rings. The molecule has 1 heterocycles. The minimum Gasteiger partial charge on any atom is -0.481 e. The Kier molecular flexibility index (Phi) is 38.3. The van der Waals surface area contributed by atoms with Gasteiger partial charge in [0, 0.05) is 123 Å². The van der Waals surface area contributed by atoms with E-state index in [1.54, 1.807) is 17.0 Å². The van der Waals surface area contributed by atoms with Crippen molar-refractivity contribution < 1.29 is 112 Å². The summed E-state index contributed by atoms with van der Waals surface area (Å²) in [5.74, 6) is -17.0. The zero-order chi connectivity index (χ0) is 73.9. The van der Waals surface area contributed by atoms with Gasteiger partial charge in [-0.25, -0.2) is 0 Å². The summed E-state index contributed by atoms with van der Waals surface area (Å²) < 4.78 is 17.1. The number of aliphatic carboxylic acids is 8. The van der Waals surface area contributed by atoms with E-state index in [-0.39, 0.29) is 128 Å². The predicted octanol–water partition coefficient (Wildman–Crippen LogP) is 3.52. The molecule has 1 saturated heterocycles. The molecule has 30 nitrogen and oxygen atoms in total. The van der Waals surface area contributed by atoms with Crippen LogP contribution in [0.25, 0.3) is 0 Å². The number of nitrogens with one attached hydrogen (secondary N) is 4. The fourth-order valence-corrected chi connectivity index (χ4v) is 16.7. The first kappa shape index (κ1) is 86.3. The Bertz CT molecular complexity index is 2810. The van der Waals surface area contributed by atoms with E-state index in [0.717, 1.165) is 0 Å². The van der Waals surface area contributed by atoms with Crippen molar-refractivity contribution in [2.75, 3.05) is 91.6 Å². The molecule has 1 aromatic carbocycles. The lowest BCUT2D eigenvalue weighted by atomic mass is 9.90. The second kappa shape index (κ2) is 43.6. The van der Waals surface area contributed by atoms with Gasteiger partial charge < -0.3 is 66.2 Å². The summed E-state index contributed by atoms with van der Waals surface area (Å²) in [4.78, 5) is 180. The molecule has 4 amide bonds. The van der Waals surface area contributed by atoms with Gasteiger partial charge in [0.2, 0.25) is 17.7 Å². The lowest BCUT2D eigenvalue weighted by Crippen LogP contribution is -2.57. The van der Waals surface area contributed by atoms with Crippen LogP contribution in [0.5, 0.6) is 0 Å². The van der Waals surface area contributed by atoms with Crippen LogP contribution in [-0.4, -0.2) is 256 Å². The van der Waals surface area contributed by atoms with E-state index in [1.165, 1.54) is 26.8 Å². The number of halogens is 1. The van der Waals surface area contributed by atoms with Crippen molar-refractivity contribution in [1.82, 2.24) is 40.9 Å². The fraction of sp³-hybridized carbons (Fsp3) is 0.697. The molecule has 98 heavy (non-hydrogen) atoms. The first-order chi connectivity index (χ1) is 45.8. The van der Waals surface area contributed by atoms with Crippen LogP contribution in [0.1, 0.15) is 174 Å². The van der Waals surface area contributed by atoms with Gasteiger partial charge >= 0.3 is 47.8 Å². The topological polar surface area (TPSA) is 462 Å². The Labute approximate surface area is 572 Å². The summed E-state index contributed by atoms with van der Waals surface area (Å²) in [5, 5.41) is 87.3. The number of rotatable bonds is 46. The molecule has 0 saturated carbocycles. The van der Waals surface area contributed by atoms with E-state index in [0.29, 0.717) is 50.1 Å². The molecule has 2 rings (SSSR count). The van der Waals surface area contributed by atoms with E-state index in [2.05, 4.69) is 21.3 Å². The first-order valence-electron chi connectivity index (χ1n) is 33.5. The number of amides is 4. The maximum Gasteiger partial charge on any atom is 0.320 e. The number of carbonyl (C=O) groups excluding carboxylic acids is 6. The standard InChI is InChI=1S/C66H105FN8O22Si/c1-65(2,3)98(67,66(4,5)6)49-22-19-44(20-23-49)60(89)70-40-50(71-55(80)25-24-51(64(96)97)75-35-33-73(42-58(85)86)31-29-72(41-57(83)84)30-32-74(34-36-75)43-59(87)88)52(77)39-46(62(92)93)16-12-14-28-69-54(79)18-10-8-7-9-17-53(78)68-27-13-11-15-45(61(90)91)37-48(76)38-47(63(94)95)21-26-56(81)82/h19-20,22-23,45-47,50-51H,7-18,21,24-43H2,1-6H3,(H,68,78)(H,69,79)(H,70,89)(H,71,80)(H,81,82)(H,83,84)(H,85,86)(H,87,88)(H,90,91)(H,92,93)(H,94,95)(H,96,97)/t45-,46-,47-,50+,51-/m1/s1. The average molecular weight is 1410 g/mol. The van der Waals surface area contributed by atoms with E-state index < -0.39 is 178 Å². The van der Waals surface area contributed by atoms with Gasteiger partial charge in [-0.05, 0) is 78.8 Å². The Hall–Kier alpha value is -7.81. The van der Waals surface area contributed by atoms with Crippen molar-refractivity contribution >= 4 is 96.5 Å². The number of nitrogens with zero attached hydrogens (tertiary/aromatic N) is 4. The zero-order valence-corrected chi connectivity index (χ0v) is 58.5. The number of hydrogen-bond donors (Lipinski definition) is 12. The highest BCUT2D eigenvalue weighted by atomic mass is 28.4. The Morgan fingerprint density at radius 3 is 1.24 bits per heavy atom. The largest absolute Gasteiger partial charge is 0.481 e. The monoisotopic (exact) mass is 1410 g/mol. The van der Waals surface area contributed by atoms with Crippen molar-refractivity contribution in [1.29, 1.82) is 0 Å². The molecular formula is C66H105FN8O22Si. The molecule has 0 spiro atoms. The van der Waals surface area contributed by atoms with Gasteiger partial charge in [-0.15, -0.1) is 0 Å². The normalized spacial score (nSPS) is 15.7. The molecule has 1 aliphatic rings. The van der Waals surface area contributed by atoms with E-state index >= 15 is 4.11 Å². The number of carbonyl (C=O) groups is 14. The maximum atomic E-state index is 17.1. The van der Waals surface area contributed by atoms with Gasteiger partial charge in [0.15, 0.2) is 5.78 Å². The highest BCUT2D eigenvalue weighted by Crippen LogP contribution is 2.51. The second-order valence-corrected chi connectivity index (χ2v) is 32.2. The van der Waals surface area contributed by atoms with Crippen LogP contribution in [-0.2, 0) is 62.3 Å². The predicted molar refractivity (Wildman–Crippen MR) is 357 cm³/mol. The molecule has 0 radical (unpaired) electrons. The molecule has 1 aliphatic heterocycles. The lowest BCUT2D eigenvalue weighted by Gasteiger charge is -2.44. The summed E-state index contributed by atoms with van der Waals surface area (Å²) in [7, 11) is -3.73. The van der Waals surface area contributed by atoms with Crippen LogP contribution in [0, 0.1) is 17.8 Å². The summed E-state index contributed by atoms with van der Waals surface area (Å²) in [6.07, 6.45) is 1.12. The number of hydrogen-bond acceptors (Lipinski definition) is 18. The summed E-state index contributed by atoms with van der Waals surface area (Å²) in [6.45, 7) is 9.63. The summed E-state index contributed by atoms with van der Waals surface area (Å²) >= 11 is 0. The molecule has 0 unspecified atom stereocenters. The van der Waals surface area contributed by atoms with Crippen LogP contribution in [0.3, 0.4) is 0 Å². The number of benzene rings is 1. The van der Waals surface area contributed by atoms with E-state index in [9.17, 15) is 103 Å². The molecule has 0 bridgehead atoms. The van der Waals surface area contributed by atoms with Gasteiger partial charge in [-0.3, -0.25) is 86.7 Å². The number of Topliss-reactive ketones (excluding diaryl/α,β-unsaturated/α-hetero) is 2. The summed E-state index contributed by atoms with van der Waals surface area (Å²) in [5.41, 5.74) is 0.0947. The second-order valence-electron chi connectivity index (χ2n) is 27.3. The molecule has 0 aliphatic carbocycles.